The summed E-state index contributed by atoms with van der Waals surface area (Å²) in [5.74, 6) is 0. The van der Waals surface area contributed by atoms with Crippen LogP contribution in [0, 0.1) is 11.3 Å². The Morgan fingerprint density at radius 2 is 1.50 bits per heavy atom. The summed E-state index contributed by atoms with van der Waals surface area (Å²) in [6.07, 6.45) is 1.74. The van der Waals surface area contributed by atoms with Gasteiger partial charge in [-0.1, -0.05) is 71.7 Å². The van der Waals surface area contributed by atoms with Crippen LogP contribution in [-0.4, -0.2) is 0 Å². The van der Waals surface area contributed by atoms with Gasteiger partial charge in [-0.05, 0) is 29.0 Å². The first-order valence-corrected chi connectivity index (χ1v) is 7.50. The van der Waals surface area contributed by atoms with Crippen molar-refractivity contribution in [1.82, 2.24) is 0 Å². The number of benzene rings is 3. The molecule has 0 saturated heterocycles. The second-order valence-corrected chi connectivity index (χ2v) is 5.65. The van der Waals surface area contributed by atoms with E-state index in [0.717, 1.165) is 16.3 Å². The van der Waals surface area contributed by atoms with Crippen molar-refractivity contribution < 1.29 is 0 Å². The molecular formula is C19H11Cl2N. The van der Waals surface area contributed by atoms with Gasteiger partial charge in [0.15, 0.2) is 0 Å². The lowest BCUT2D eigenvalue weighted by molar-refractivity contribution is 1.53. The first kappa shape index (κ1) is 14.7. The van der Waals surface area contributed by atoms with Gasteiger partial charge in [-0.25, -0.2) is 0 Å². The van der Waals surface area contributed by atoms with Crippen molar-refractivity contribution >= 4 is 45.6 Å². The summed E-state index contributed by atoms with van der Waals surface area (Å²) in [7, 11) is 0. The minimum atomic E-state index is 0.528. The summed E-state index contributed by atoms with van der Waals surface area (Å²) >= 11 is 12.4. The molecule has 3 aromatic carbocycles. The molecule has 0 unspecified atom stereocenters. The maximum atomic E-state index is 9.58. The number of hydrogen-bond acceptors (Lipinski definition) is 1. The van der Waals surface area contributed by atoms with E-state index < -0.39 is 0 Å². The second-order valence-electron chi connectivity index (χ2n) is 4.83. The molecule has 3 aromatic rings. The molecule has 0 aliphatic carbocycles. The Morgan fingerprint density at radius 3 is 2.23 bits per heavy atom. The molecule has 22 heavy (non-hydrogen) atoms. The highest BCUT2D eigenvalue weighted by Gasteiger charge is 2.09. The van der Waals surface area contributed by atoms with Crippen molar-refractivity contribution in [2.24, 2.45) is 0 Å². The topological polar surface area (TPSA) is 23.8 Å². The Kier molecular flexibility index (Phi) is 4.15. The van der Waals surface area contributed by atoms with Crippen LogP contribution >= 0.6 is 23.2 Å². The number of hydrogen-bond donors (Lipinski definition) is 0. The van der Waals surface area contributed by atoms with E-state index in [4.69, 9.17) is 23.2 Å². The molecule has 0 aliphatic rings. The second kappa shape index (κ2) is 6.23. The van der Waals surface area contributed by atoms with Gasteiger partial charge in [0.25, 0.3) is 0 Å². The van der Waals surface area contributed by atoms with Crippen LogP contribution < -0.4 is 0 Å². The van der Waals surface area contributed by atoms with Crippen LogP contribution in [0.2, 0.25) is 10.0 Å². The fourth-order valence-electron chi connectivity index (χ4n) is 2.42. The van der Waals surface area contributed by atoms with E-state index in [0.29, 0.717) is 21.2 Å². The van der Waals surface area contributed by atoms with Gasteiger partial charge in [0.2, 0.25) is 0 Å². The molecule has 0 radical (unpaired) electrons. The van der Waals surface area contributed by atoms with E-state index in [1.54, 1.807) is 24.3 Å². The van der Waals surface area contributed by atoms with Crippen molar-refractivity contribution in [2.75, 3.05) is 0 Å². The summed E-state index contributed by atoms with van der Waals surface area (Å²) in [6.45, 7) is 0. The van der Waals surface area contributed by atoms with Crippen LogP contribution in [0.5, 0.6) is 0 Å². The highest BCUT2D eigenvalue weighted by Crippen LogP contribution is 2.31. The van der Waals surface area contributed by atoms with Gasteiger partial charge < -0.3 is 0 Å². The van der Waals surface area contributed by atoms with Gasteiger partial charge >= 0.3 is 0 Å². The van der Waals surface area contributed by atoms with Crippen LogP contribution in [0.4, 0.5) is 0 Å². The molecule has 0 fully saturated rings. The first-order valence-electron chi connectivity index (χ1n) is 6.74. The summed E-state index contributed by atoms with van der Waals surface area (Å²) < 4.78 is 0. The standard InChI is InChI=1S/C19H11Cl2N/c20-18-9-4-10-19(21)17(18)11-14(12-22)16-8-3-6-13-5-1-2-7-15(13)16/h1-11H/b14-11-. The zero-order valence-electron chi connectivity index (χ0n) is 11.6. The van der Waals surface area contributed by atoms with E-state index in [2.05, 4.69) is 6.07 Å². The average molecular weight is 324 g/mol. The largest absolute Gasteiger partial charge is 0.192 e. The molecule has 0 heterocycles. The normalized spacial score (nSPS) is 11.4. The monoisotopic (exact) mass is 323 g/mol. The number of nitriles is 1. The number of allylic oxidation sites excluding steroid dienone is 1. The Morgan fingerprint density at radius 1 is 0.864 bits per heavy atom. The van der Waals surface area contributed by atoms with E-state index in [-0.39, 0.29) is 0 Å². The van der Waals surface area contributed by atoms with Crippen molar-refractivity contribution in [3.8, 4) is 6.07 Å². The van der Waals surface area contributed by atoms with Crippen LogP contribution in [0.3, 0.4) is 0 Å². The molecule has 0 amide bonds. The lowest BCUT2D eigenvalue weighted by Crippen LogP contribution is -1.86. The van der Waals surface area contributed by atoms with Gasteiger partial charge in [-0.2, -0.15) is 5.26 Å². The maximum Gasteiger partial charge on any atom is 0.0998 e. The molecule has 3 heteroatoms. The maximum absolute atomic E-state index is 9.58. The summed E-state index contributed by atoms with van der Waals surface area (Å²) in [6, 6.07) is 21.4. The minimum Gasteiger partial charge on any atom is -0.192 e. The molecule has 1 nitrogen and oxygen atoms in total. The number of rotatable bonds is 2. The molecule has 106 valence electrons. The van der Waals surface area contributed by atoms with Gasteiger partial charge in [0.05, 0.1) is 11.6 Å². The predicted octanol–water partition coefficient (Wildman–Crippen LogP) is 6.21. The van der Waals surface area contributed by atoms with E-state index >= 15 is 0 Å². The smallest absolute Gasteiger partial charge is 0.0998 e. The van der Waals surface area contributed by atoms with E-state index in [9.17, 15) is 5.26 Å². The fraction of sp³-hybridized carbons (Fsp3) is 0. The number of nitrogens with zero attached hydrogens (tertiary/aromatic N) is 1. The molecule has 3 rings (SSSR count). The lowest BCUT2D eigenvalue weighted by atomic mass is 9.97. The van der Waals surface area contributed by atoms with Crippen LogP contribution in [0.1, 0.15) is 11.1 Å². The Balaban J connectivity index is 2.23. The van der Waals surface area contributed by atoms with E-state index in [1.165, 1.54) is 0 Å². The first-order chi connectivity index (χ1) is 10.7. The van der Waals surface area contributed by atoms with Gasteiger partial charge in [-0.15, -0.1) is 0 Å². The minimum absolute atomic E-state index is 0.528. The average Bonchev–Trinajstić information content (AvgIpc) is 2.54. The van der Waals surface area contributed by atoms with Crippen LogP contribution in [-0.2, 0) is 0 Å². The summed E-state index contributed by atoms with van der Waals surface area (Å²) in [4.78, 5) is 0. The summed E-state index contributed by atoms with van der Waals surface area (Å²) in [5.41, 5.74) is 2.07. The van der Waals surface area contributed by atoms with Crippen molar-refractivity contribution in [1.29, 1.82) is 5.26 Å². The quantitative estimate of drug-likeness (QED) is 0.406. The lowest BCUT2D eigenvalue weighted by Gasteiger charge is -2.07. The third kappa shape index (κ3) is 2.72. The van der Waals surface area contributed by atoms with Crippen LogP contribution in [0.15, 0.2) is 60.7 Å². The third-order valence-electron chi connectivity index (χ3n) is 3.49. The van der Waals surface area contributed by atoms with Crippen molar-refractivity contribution in [2.45, 2.75) is 0 Å². The third-order valence-corrected chi connectivity index (χ3v) is 4.15. The van der Waals surface area contributed by atoms with Crippen molar-refractivity contribution in [3.63, 3.8) is 0 Å². The highest BCUT2D eigenvalue weighted by atomic mass is 35.5. The highest BCUT2D eigenvalue weighted by molar-refractivity contribution is 6.37. The predicted molar refractivity (Wildman–Crippen MR) is 93.9 cm³/mol. The summed E-state index contributed by atoms with van der Waals surface area (Å²) in [5, 5.41) is 12.8. The molecule has 0 N–H and O–H groups in total. The number of fused-ring (bicyclic) bond motifs is 1. The van der Waals surface area contributed by atoms with Gasteiger partial charge in [-0.3, -0.25) is 0 Å². The van der Waals surface area contributed by atoms with Crippen molar-refractivity contribution in [3.05, 3.63) is 81.8 Å². The molecule has 0 aromatic heterocycles. The number of halogens is 2. The fourth-order valence-corrected chi connectivity index (χ4v) is 2.93. The van der Waals surface area contributed by atoms with Gasteiger partial charge in [0.1, 0.15) is 0 Å². The Bertz CT molecular complexity index is 895. The zero-order valence-corrected chi connectivity index (χ0v) is 13.1. The zero-order chi connectivity index (χ0) is 15.5. The Hall–Kier alpha value is -2.27. The SMILES string of the molecule is N#C/C(=C/c1c(Cl)cccc1Cl)c1cccc2ccccc12. The molecule has 0 aliphatic heterocycles. The molecule has 0 saturated carbocycles. The molecule has 0 spiro atoms. The van der Waals surface area contributed by atoms with Gasteiger partial charge in [0, 0.05) is 21.2 Å². The molecule has 0 bridgehead atoms. The Labute approximate surface area is 139 Å². The molecular weight excluding hydrogens is 313 g/mol. The molecule has 0 atom stereocenters. The van der Waals surface area contributed by atoms with Crippen LogP contribution in [0.25, 0.3) is 22.4 Å². The van der Waals surface area contributed by atoms with E-state index in [1.807, 2.05) is 42.5 Å².